The Morgan fingerprint density at radius 2 is 1.59 bits per heavy atom. The standard InChI is InChI=1S/C35H36N6O3/c42-35(43)25-12-15-39(16-13-25)28-8-5-24(6-9-28)33-32(38-34-31(11-14-36-41(33)34)40-17-19-44-20-18-40)27-21-26(22-27)30-10-7-23-3-1-2-4-29(23)37-30/h1-11,14,25-27H,12-13,15-22H2,(H,42,43). The summed E-state index contributed by atoms with van der Waals surface area (Å²) >= 11 is 0. The molecule has 9 heteroatoms. The van der Waals surface area contributed by atoms with Gasteiger partial charge in [0.1, 0.15) is 0 Å². The largest absolute Gasteiger partial charge is 0.481 e. The van der Waals surface area contributed by atoms with Crippen LogP contribution in [0.1, 0.15) is 48.9 Å². The molecule has 3 aliphatic rings. The molecule has 3 aromatic heterocycles. The number of benzene rings is 2. The van der Waals surface area contributed by atoms with E-state index in [1.165, 1.54) is 5.39 Å². The van der Waals surface area contributed by atoms with Crippen LogP contribution in [-0.4, -0.2) is 70.1 Å². The van der Waals surface area contributed by atoms with Crippen LogP contribution in [-0.2, 0) is 9.53 Å². The molecule has 3 fully saturated rings. The van der Waals surface area contributed by atoms with Crippen LogP contribution in [0.15, 0.2) is 72.9 Å². The fraction of sp³-hybridized carbons (Fsp3) is 0.371. The SMILES string of the molecule is O=C(O)C1CCN(c2ccc(-c3c(C4CC(c5ccc6ccccc6n5)C4)nc4c(N5CCOCC5)ccnn34)cc2)CC1. The van der Waals surface area contributed by atoms with Crippen molar-refractivity contribution in [1.82, 2.24) is 19.6 Å². The Hall–Kier alpha value is -4.50. The van der Waals surface area contributed by atoms with E-state index >= 15 is 0 Å². The third-order valence-electron chi connectivity index (χ3n) is 9.79. The molecule has 1 saturated carbocycles. The summed E-state index contributed by atoms with van der Waals surface area (Å²) in [5, 5.41) is 15.4. The van der Waals surface area contributed by atoms with Gasteiger partial charge in [0.05, 0.1) is 47.9 Å². The summed E-state index contributed by atoms with van der Waals surface area (Å²) in [7, 11) is 0. The van der Waals surface area contributed by atoms with Gasteiger partial charge in [-0.2, -0.15) is 5.10 Å². The minimum atomic E-state index is -0.682. The Morgan fingerprint density at radius 3 is 2.36 bits per heavy atom. The van der Waals surface area contributed by atoms with Crippen LogP contribution in [0.3, 0.4) is 0 Å². The van der Waals surface area contributed by atoms with E-state index in [-0.39, 0.29) is 5.92 Å². The molecular formula is C35H36N6O3. The van der Waals surface area contributed by atoms with Crippen molar-refractivity contribution in [2.45, 2.75) is 37.5 Å². The summed E-state index contributed by atoms with van der Waals surface area (Å²) in [4.78, 5) is 26.4. The monoisotopic (exact) mass is 588 g/mol. The molecule has 2 aromatic carbocycles. The highest BCUT2D eigenvalue weighted by molar-refractivity contribution is 5.79. The molecule has 1 aliphatic carbocycles. The first-order valence-corrected chi connectivity index (χ1v) is 15.8. The third-order valence-corrected chi connectivity index (χ3v) is 9.79. The molecule has 1 N–H and O–H groups in total. The highest BCUT2D eigenvalue weighted by atomic mass is 16.5. The fourth-order valence-corrected chi connectivity index (χ4v) is 7.16. The van der Waals surface area contributed by atoms with Gasteiger partial charge in [-0.25, -0.2) is 9.50 Å². The molecule has 0 unspecified atom stereocenters. The quantitative estimate of drug-likeness (QED) is 0.268. The van der Waals surface area contributed by atoms with Crippen molar-refractivity contribution >= 4 is 33.9 Å². The number of aromatic nitrogens is 4. The van der Waals surface area contributed by atoms with Crippen molar-refractivity contribution in [3.05, 3.63) is 84.3 Å². The third kappa shape index (κ3) is 4.85. The number of hydrogen-bond donors (Lipinski definition) is 1. The van der Waals surface area contributed by atoms with Gasteiger partial charge in [-0.1, -0.05) is 36.4 Å². The molecular weight excluding hydrogens is 552 g/mol. The molecule has 5 heterocycles. The smallest absolute Gasteiger partial charge is 0.306 e. The number of aliphatic carboxylic acids is 1. The molecule has 0 spiro atoms. The number of ether oxygens (including phenoxy) is 1. The molecule has 2 saturated heterocycles. The van der Waals surface area contributed by atoms with Gasteiger partial charge in [-0.15, -0.1) is 0 Å². The number of pyridine rings is 1. The first-order chi connectivity index (χ1) is 21.6. The number of hydrogen-bond acceptors (Lipinski definition) is 7. The second kappa shape index (κ2) is 11.2. The van der Waals surface area contributed by atoms with Crippen LogP contribution >= 0.6 is 0 Å². The van der Waals surface area contributed by atoms with Crippen LogP contribution in [0.5, 0.6) is 0 Å². The zero-order valence-corrected chi connectivity index (χ0v) is 24.7. The number of piperidine rings is 1. The lowest BCUT2D eigenvalue weighted by Crippen LogP contribution is -2.36. The predicted octanol–water partition coefficient (Wildman–Crippen LogP) is 5.74. The van der Waals surface area contributed by atoms with Gasteiger partial charge in [-0.3, -0.25) is 9.78 Å². The highest BCUT2D eigenvalue weighted by Crippen LogP contribution is 2.49. The molecule has 0 atom stereocenters. The predicted molar refractivity (Wildman–Crippen MR) is 170 cm³/mol. The van der Waals surface area contributed by atoms with Crippen LogP contribution in [0.25, 0.3) is 27.8 Å². The molecule has 9 nitrogen and oxygen atoms in total. The number of imidazole rings is 1. The Bertz CT molecular complexity index is 1820. The number of morpholine rings is 1. The van der Waals surface area contributed by atoms with E-state index in [4.69, 9.17) is 19.8 Å². The lowest BCUT2D eigenvalue weighted by Gasteiger charge is -2.34. The Labute approximate surface area is 256 Å². The van der Waals surface area contributed by atoms with Gasteiger partial charge in [0.2, 0.25) is 0 Å². The summed E-state index contributed by atoms with van der Waals surface area (Å²) in [5.74, 6) is -0.199. The molecule has 0 amide bonds. The molecule has 5 aromatic rings. The lowest BCUT2D eigenvalue weighted by molar-refractivity contribution is -0.142. The van der Waals surface area contributed by atoms with Gasteiger partial charge < -0.3 is 19.6 Å². The highest BCUT2D eigenvalue weighted by Gasteiger charge is 2.37. The zero-order valence-electron chi connectivity index (χ0n) is 24.7. The number of rotatable bonds is 6. The number of carboxylic acid groups (broad SMARTS) is 1. The normalized spacial score (nSPS) is 21.1. The number of nitrogens with zero attached hydrogens (tertiary/aromatic N) is 6. The van der Waals surface area contributed by atoms with E-state index in [1.807, 2.05) is 16.8 Å². The number of carboxylic acids is 1. The van der Waals surface area contributed by atoms with Crippen LogP contribution < -0.4 is 9.80 Å². The maximum Gasteiger partial charge on any atom is 0.306 e. The first-order valence-electron chi connectivity index (χ1n) is 15.8. The van der Waals surface area contributed by atoms with Crippen molar-refractivity contribution in [1.29, 1.82) is 0 Å². The van der Waals surface area contributed by atoms with E-state index < -0.39 is 5.97 Å². The topological polar surface area (TPSA) is 96.1 Å². The lowest BCUT2D eigenvalue weighted by atomic mass is 9.71. The number of para-hydroxylation sites is 1. The summed E-state index contributed by atoms with van der Waals surface area (Å²) < 4.78 is 7.67. The fourth-order valence-electron chi connectivity index (χ4n) is 7.16. The average molecular weight is 589 g/mol. The van der Waals surface area contributed by atoms with Gasteiger partial charge >= 0.3 is 5.97 Å². The van der Waals surface area contributed by atoms with Gasteiger partial charge in [0, 0.05) is 60.3 Å². The van der Waals surface area contributed by atoms with Crippen molar-refractivity contribution in [2.75, 3.05) is 49.2 Å². The molecule has 2 aliphatic heterocycles. The summed E-state index contributed by atoms with van der Waals surface area (Å²) in [5.41, 5.74) is 8.58. The first kappa shape index (κ1) is 27.1. The minimum absolute atomic E-state index is 0.242. The van der Waals surface area contributed by atoms with Crippen LogP contribution in [0.2, 0.25) is 0 Å². The summed E-state index contributed by atoms with van der Waals surface area (Å²) in [6, 6.07) is 23.4. The van der Waals surface area contributed by atoms with E-state index in [1.54, 1.807) is 0 Å². The Balaban J connectivity index is 1.12. The van der Waals surface area contributed by atoms with Crippen LogP contribution in [0.4, 0.5) is 11.4 Å². The van der Waals surface area contributed by atoms with Gasteiger partial charge in [0.15, 0.2) is 5.65 Å². The van der Waals surface area contributed by atoms with Crippen molar-refractivity contribution in [3.8, 4) is 11.3 Å². The van der Waals surface area contributed by atoms with E-state index in [0.717, 1.165) is 84.2 Å². The molecule has 0 radical (unpaired) electrons. The number of fused-ring (bicyclic) bond motifs is 2. The second-order valence-corrected chi connectivity index (χ2v) is 12.3. The van der Waals surface area contributed by atoms with E-state index in [2.05, 4.69) is 70.5 Å². The van der Waals surface area contributed by atoms with Gasteiger partial charge in [0.25, 0.3) is 0 Å². The molecule has 8 rings (SSSR count). The van der Waals surface area contributed by atoms with E-state index in [9.17, 15) is 9.90 Å². The summed E-state index contributed by atoms with van der Waals surface area (Å²) in [6.07, 6.45) is 5.25. The summed E-state index contributed by atoms with van der Waals surface area (Å²) in [6.45, 7) is 4.61. The van der Waals surface area contributed by atoms with Gasteiger partial charge in [-0.05, 0) is 56.0 Å². The van der Waals surface area contributed by atoms with Crippen molar-refractivity contribution in [2.24, 2.45) is 5.92 Å². The number of anilines is 2. The van der Waals surface area contributed by atoms with Crippen molar-refractivity contribution < 1.29 is 14.6 Å². The molecule has 0 bridgehead atoms. The Morgan fingerprint density at radius 1 is 0.818 bits per heavy atom. The second-order valence-electron chi connectivity index (χ2n) is 12.3. The maximum atomic E-state index is 11.4. The maximum absolute atomic E-state index is 11.4. The van der Waals surface area contributed by atoms with E-state index in [0.29, 0.717) is 37.9 Å². The zero-order chi connectivity index (χ0) is 29.6. The average Bonchev–Trinajstić information content (AvgIpc) is 3.43. The Kier molecular flexibility index (Phi) is 6.90. The molecule has 44 heavy (non-hydrogen) atoms. The van der Waals surface area contributed by atoms with Crippen LogP contribution in [0, 0.1) is 5.92 Å². The molecule has 224 valence electrons. The number of carbonyl (C=O) groups is 1. The van der Waals surface area contributed by atoms with Crippen molar-refractivity contribution in [3.63, 3.8) is 0 Å². The minimum Gasteiger partial charge on any atom is -0.481 e.